The maximum absolute atomic E-state index is 4.07. The van der Waals surface area contributed by atoms with Crippen LogP contribution in [0.1, 0.15) is 31.9 Å². The van der Waals surface area contributed by atoms with Gasteiger partial charge in [0.1, 0.15) is 0 Å². The highest BCUT2D eigenvalue weighted by Gasteiger charge is 2.07. The van der Waals surface area contributed by atoms with E-state index in [-0.39, 0.29) is 0 Å². The van der Waals surface area contributed by atoms with Crippen LogP contribution in [0.2, 0.25) is 0 Å². The predicted octanol–water partition coefficient (Wildman–Crippen LogP) is 5.55. The van der Waals surface area contributed by atoms with Gasteiger partial charge >= 0.3 is 0 Å². The summed E-state index contributed by atoms with van der Waals surface area (Å²) in [6, 6.07) is 6.43. The molecule has 0 bridgehead atoms. The Labute approximate surface area is 113 Å². The first-order valence-corrected chi connectivity index (χ1v) is 6.67. The van der Waals surface area contributed by atoms with Crippen LogP contribution in [-0.2, 0) is 6.42 Å². The van der Waals surface area contributed by atoms with Crippen LogP contribution in [0.5, 0.6) is 0 Å². The van der Waals surface area contributed by atoms with E-state index >= 15 is 0 Å². The number of allylic oxidation sites excluding steroid dienone is 5. The van der Waals surface area contributed by atoms with Gasteiger partial charge in [0.2, 0.25) is 0 Å². The van der Waals surface area contributed by atoms with Crippen LogP contribution in [0, 0.1) is 0 Å². The highest BCUT2D eigenvalue weighted by atomic mass is 79.9. The fourth-order valence-corrected chi connectivity index (χ4v) is 2.12. The van der Waals surface area contributed by atoms with Crippen molar-refractivity contribution in [3.05, 3.63) is 64.2 Å². The van der Waals surface area contributed by atoms with E-state index in [0.717, 1.165) is 16.5 Å². The summed E-state index contributed by atoms with van der Waals surface area (Å²) in [6.45, 7) is 10.3. The van der Waals surface area contributed by atoms with Gasteiger partial charge in [-0.2, -0.15) is 0 Å². The van der Waals surface area contributed by atoms with Crippen LogP contribution in [-0.4, -0.2) is 0 Å². The number of halogens is 1. The van der Waals surface area contributed by atoms with Crippen LogP contribution < -0.4 is 0 Å². The number of benzene rings is 1. The second-order valence-corrected chi connectivity index (χ2v) is 4.96. The molecule has 0 spiro atoms. The van der Waals surface area contributed by atoms with Crippen molar-refractivity contribution in [1.82, 2.24) is 0 Å². The molecule has 1 rings (SSSR count). The largest absolute Gasteiger partial charge is 0.0955 e. The van der Waals surface area contributed by atoms with E-state index in [4.69, 9.17) is 0 Å². The Morgan fingerprint density at radius 2 is 2.12 bits per heavy atom. The molecule has 0 amide bonds. The van der Waals surface area contributed by atoms with Crippen LogP contribution in [0.4, 0.5) is 0 Å². The number of hydrogen-bond acceptors (Lipinski definition) is 0. The summed E-state index contributed by atoms with van der Waals surface area (Å²) in [6.07, 6.45) is 7.25. The number of hydrogen-bond donors (Lipinski definition) is 0. The van der Waals surface area contributed by atoms with Crippen LogP contribution >= 0.6 is 15.9 Å². The SMILES string of the molecule is C=C(C)/C(=C\C=C/C)c1cc(Br)ccc1CC. The van der Waals surface area contributed by atoms with Gasteiger partial charge in [0.25, 0.3) is 0 Å². The lowest BCUT2D eigenvalue weighted by Gasteiger charge is -2.12. The lowest BCUT2D eigenvalue weighted by molar-refractivity contribution is 1.13. The fraction of sp³-hybridized carbons (Fsp3) is 0.250. The Kier molecular flexibility index (Phi) is 5.43. The molecule has 0 heterocycles. The Morgan fingerprint density at radius 1 is 1.41 bits per heavy atom. The average Bonchev–Trinajstić information content (AvgIpc) is 2.29. The molecule has 17 heavy (non-hydrogen) atoms. The minimum Gasteiger partial charge on any atom is -0.0955 e. The summed E-state index contributed by atoms with van der Waals surface area (Å²) in [5, 5.41) is 0. The molecule has 1 aromatic rings. The van der Waals surface area contributed by atoms with E-state index in [1.807, 2.05) is 13.0 Å². The molecule has 0 aliphatic heterocycles. The molecule has 0 saturated heterocycles. The standard InChI is InChI=1S/C16H19Br/c1-5-7-8-15(12(3)4)16-11-14(17)10-9-13(16)6-2/h5,7-11H,3,6H2,1-2,4H3/b7-5-,15-8+. The molecule has 1 heteroatoms. The van der Waals surface area contributed by atoms with Crippen molar-refractivity contribution in [2.75, 3.05) is 0 Å². The molecule has 0 N–H and O–H groups in total. The summed E-state index contributed by atoms with van der Waals surface area (Å²) >= 11 is 3.54. The molecule has 0 saturated carbocycles. The third-order valence-electron chi connectivity index (χ3n) is 2.66. The molecule has 1 aromatic carbocycles. The summed E-state index contributed by atoms with van der Waals surface area (Å²) in [7, 11) is 0. The second kappa shape index (κ2) is 6.61. The molecule has 0 nitrogen and oxygen atoms in total. The summed E-state index contributed by atoms with van der Waals surface area (Å²) < 4.78 is 1.11. The third-order valence-corrected chi connectivity index (χ3v) is 3.15. The van der Waals surface area contributed by atoms with Gasteiger partial charge in [-0.15, -0.1) is 0 Å². The molecular weight excluding hydrogens is 272 g/mol. The van der Waals surface area contributed by atoms with Gasteiger partial charge in [-0.25, -0.2) is 0 Å². The van der Waals surface area contributed by atoms with Crippen LogP contribution in [0.3, 0.4) is 0 Å². The molecule has 0 aliphatic rings. The molecule has 0 aliphatic carbocycles. The van der Waals surface area contributed by atoms with Crippen molar-refractivity contribution in [3.63, 3.8) is 0 Å². The minimum absolute atomic E-state index is 1.03. The summed E-state index contributed by atoms with van der Waals surface area (Å²) in [5.74, 6) is 0. The van der Waals surface area contributed by atoms with Gasteiger partial charge in [-0.1, -0.05) is 59.3 Å². The monoisotopic (exact) mass is 290 g/mol. The zero-order chi connectivity index (χ0) is 12.8. The average molecular weight is 291 g/mol. The van der Waals surface area contributed by atoms with Crippen molar-refractivity contribution in [2.24, 2.45) is 0 Å². The van der Waals surface area contributed by atoms with Crippen molar-refractivity contribution in [1.29, 1.82) is 0 Å². The maximum Gasteiger partial charge on any atom is 0.0181 e. The van der Waals surface area contributed by atoms with Gasteiger partial charge < -0.3 is 0 Å². The summed E-state index contributed by atoms with van der Waals surface area (Å²) in [5.41, 5.74) is 4.93. The number of aryl methyl sites for hydroxylation is 1. The zero-order valence-corrected chi connectivity index (χ0v) is 12.3. The molecule has 0 fully saturated rings. The van der Waals surface area contributed by atoms with E-state index < -0.39 is 0 Å². The maximum atomic E-state index is 4.07. The fourth-order valence-electron chi connectivity index (χ4n) is 1.76. The summed E-state index contributed by atoms with van der Waals surface area (Å²) in [4.78, 5) is 0. The topological polar surface area (TPSA) is 0 Å². The Hall–Kier alpha value is -1.08. The van der Waals surface area contributed by atoms with E-state index in [0.29, 0.717) is 0 Å². The van der Waals surface area contributed by atoms with E-state index in [1.54, 1.807) is 0 Å². The first-order valence-electron chi connectivity index (χ1n) is 5.87. The smallest absolute Gasteiger partial charge is 0.0181 e. The van der Waals surface area contributed by atoms with Crippen molar-refractivity contribution in [2.45, 2.75) is 27.2 Å². The normalized spacial score (nSPS) is 12.1. The first kappa shape index (κ1) is 14.0. The second-order valence-electron chi connectivity index (χ2n) is 4.04. The van der Waals surface area contributed by atoms with E-state index in [9.17, 15) is 0 Å². The zero-order valence-electron chi connectivity index (χ0n) is 10.8. The van der Waals surface area contributed by atoms with Crippen molar-refractivity contribution < 1.29 is 0 Å². The quantitative estimate of drug-likeness (QED) is 0.638. The Morgan fingerprint density at radius 3 is 2.65 bits per heavy atom. The van der Waals surface area contributed by atoms with Crippen molar-refractivity contribution in [3.8, 4) is 0 Å². The van der Waals surface area contributed by atoms with Crippen LogP contribution in [0.15, 0.2) is 53.1 Å². The Balaban J connectivity index is 3.36. The first-order chi connectivity index (χ1) is 8.10. The van der Waals surface area contributed by atoms with Gasteiger partial charge in [0.05, 0.1) is 0 Å². The lowest BCUT2D eigenvalue weighted by atomic mass is 9.94. The predicted molar refractivity (Wildman–Crippen MR) is 81.1 cm³/mol. The number of rotatable bonds is 4. The molecule has 0 radical (unpaired) electrons. The van der Waals surface area contributed by atoms with Crippen LogP contribution in [0.25, 0.3) is 5.57 Å². The highest BCUT2D eigenvalue weighted by molar-refractivity contribution is 9.10. The van der Waals surface area contributed by atoms with Gasteiger partial charge in [-0.3, -0.25) is 0 Å². The van der Waals surface area contributed by atoms with Gasteiger partial charge in [0, 0.05) is 4.47 Å². The molecule has 0 aromatic heterocycles. The molecule has 0 atom stereocenters. The van der Waals surface area contributed by atoms with Gasteiger partial charge in [-0.05, 0) is 49.1 Å². The Bertz CT molecular complexity index is 464. The van der Waals surface area contributed by atoms with E-state index in [2.05, 4.69) is 66.7 Å². The molecule has 90 valence electrons. The lowest BCUT2D eigenvalue weighted by Crippen LogP contribution is -1.93. The highest BCUT2D eigenvalue weighted by Crippen LogP contribution is 2.28. The van der Waals surface area contributed by atoms with E-state index in [1.165, 1.54) is 16.7 Å². The third kappa shape index (κ3) is 3.71. The van der Waals surface area contributed by atoms with Crippen molar-refractivity contribution >= 4 is 21.5 Å². The van der Waals surface area contributed by atoms with Gasteiger partial charge in [0.15, 0.2) is 0 Å². The molecular formula is C16H19Br. The minimum atomic E-state index is 1.03. The molecule has 0 unspecified atom stereocenters.